The van der Waals surface area contributed by atoms with Crippen LogP contribution in [-0.4, -0.2) is 29.9 Å². The van der Waals surface area contributed by atoms with Crippen molar-refractivity contribution in [2.24, 2.45) is 0 Å². The fourth-order valence-corrected chi connectivity index (χ4v) is 3.26. The van der Waals surface area contributed by atoms with E-state index >= 15 is 0 Å². The Labute approximate surface area is 137 Å². The Morgan fingerprint density at radius 3 is 2.70 bits per heavy atom. The number of nitrogens with one attached hydrogen (secondary N) is 1. The molecule has 2 amide bonds. The number of aryl methyl sites for hydroxylation is 1. The van der Waals surface area contributed by atoms with Crippen LogP contribution >= 0.6 is 11.3 Å². The molecule has 1 aliphatic heterocycles. The maximum absolute atomic E-state index is 12.5. The lowest BCUT2D eigenvalue weighted by molar-refractivity contribution is 0.0979. The molecule has 23 heavy (non-hydrogen) atoms. The van der Waals surface area contributed by atoms with E-state index in [1.54, 1.807) is 29.2 Å². The minimum absolute atomic E-state index is 0.141. The van der Waals surface area contributed by atoms with Gasteiger partial charge in [-0.3, -0.25) is 9.69 Å². The Morgan fingerprint density at radius 1 is 1.43 bits per heavy atom. The van der Waals surface area contributed by atoms with E-state index in [2.05, 4.69) is 10.3 Å². The highest BCUT2D eigenvalue weighted by Crippen LogP contribution is 2.25. The number of hydrogen-bond donors (Lipinski definition) is 1. The first-order valence-electron chi connectivity index (χ1n) is 7.11. The SMILES string of the molecule is Cc1csc(C(C#N)C(=O)c2ccc(N3CCNC3=O)cc2)n1. The van der Waals surface area contributed by atoms with Crippen LogP contribution in [-0.2, 0) is 0 Å². The van der Waals surface area contributed by atoms with Gasteiger partial charge in [-0.25, -0.2) is 9.78 Å². The zero-order valence-corrected chi connectivity index (χ0v) is 13.3. The van der Waals surface area contributed by atoms with E-state index < -0.39 is 5.92 Å². The van der Waals surface area contributed by atoms with Crippen LogP contribution in [0.15, 0.2) is 29.6 Å². The number of ketones is 1. The molecule has 1 atom stereocenters. The molecule has 1 saturated heterocycles. The van der Waals surface area contributed by atoms with Gasteiger partial charge in [0.25, 0.3) is 0 Å². The Kier molecular flexibility index (Phi) is 4.08. The third-order valence-corrected chi connectivity index (χ3v) is 4.62. The lowest BCUT2D eigenvalue weighted by atomic mass is 9.99. The third-order valence-electron chi connectivity index (χ3n) is 3.60. The summed E-state index contributed by atoms with van der Waals surface area (Å²) in [6.45, 7) is 3.04. The minimum Gasteiger partial charge on any atom is -0.336 e. The molecule has 7 heteroatoms. The van der Waals surface area contributed by atoms with Gasteiger partial charge in [-0.2, -0.15) is 5.26 Å². The fourth-order valence-electron chi connectivity index (χ4n) is 2.42. The number of aromatic nitrogens is 1. The van der Waals surface area contributed by atoms with Crippen LogP contribution in [0.25, 0.3) is 0 Å². The summed E-state index contributed by atoms with van der Waals surface area (Å²) in [5.41, 5.74) is 1.97. The number of nitrogens with zero attached hydrogens (tertiary/aromatic N) is 3. The summed E-state index contributed by atoms with van der Waals surface area (Å²) in [5, 5.41) is 14.4. The van der Waals surface area contributed by atoms with Gasteiger partial charge >= 0.3 is 6.03 Å². The van der Waals surface area contributed by atoms with E-state index in [0.29, 0.717) is 23.7 Å². The molecule has 2 aromatic rings. The van der Waals surface area contributed by atoms with Gasteiger partial charge in [0.05, 0.1) is 6.07 Å². The van der Waals surface area contributed by atoms with Crippen molar-refractivity contribution in [3.05, 3.63) is 45.9 Å². The van der Waals surface area contributed by atoms with Gasteiger partial charge < -0.3 is 5.32 Å². The molecule has 1 aliphatic rings. The smallest absolute Gasteiger partial charge is 0.321 e. The van der Waals surface area contributed by atoms with Crippen LogP contribution in [0.3, 0.4) is 0 Å². The first kappa shape index (κ1) is 15.2. The number of amides is 2. The van der Waals surface area contributed by atoms with Gasteiger partial charge in [-0.05, 0) is 31.2 Å². The molecule has 0 radical (unpaired) electrons. The molecule has 1 fully saturated rings. The number of rotatable bonds is 4. The number of nitriles is 1. The quantitative estimate of drug-likeness (QED) is 0.875. The monoisotopic (exact) mass is 326 g/mol. The maximum Gasteiger partial charge on any atom is 0.321 e. The topological polar surface area (TPSA) is 86.1 Å². The highest BCUT2D eigenvalue weighted by atomic mass is 32.1. The molecule has 0 bridgehead atoms. The lowest BCUT2D eigenvalue weighted by Gasteiger charge is -2.14. The standard InChI is InChI=1S/C16H14N4O2S/c1-10-9-23-15(19-10)13(8-17)14(21)11-2-4-12(5-3-11)20-7-6-18-16(20)22/h2-5,9,13H,6-7H2,1H3,(H,18,22). The number of anilines is 1. The molecule has 6 nitrogen and oxygen atoms in total. The molecule has 0 spiro atoms. The van der Waals surface area contributed by atoms with E-state index in [9.17, 15) is 14.9 Å². The Morgan fingerprint density at radius 2 is 2.17 bits per heavy atom. The van der Waals surface area contributed by atoms with Gasteiger partial charge in [-0.1, -0.05) is 0 Å². The van der Waals surface area contributed by atoms with E-state index in [0.717, 1.165) is 11.4 Å². The number of urea groups is 1. The summed E-state index contributed by atoms with van der Waals surface area (Å²) >= 11 is 1.31. The van der Waals surface area contributed by atoms with Gasteiger partial charge in [0, 0.05) is 35.4 Å². The van der Waals surface area contributed by atoms with Crippen LogP contribution in [0, 0.1) is 18.3 Å². The largest absolute Gasteiger partial charge is 0.336 e. The van der Waals surface area contributed by atoms with Crippen LogP contribution in [0.1, 0.15) is 27.0 Å². The zero-order chi connectivity index (χ0) is 16.4. The first-order chi connectivity index (χ1) is 11.1. The van der Waals surface area contributed by atoms with Crippen molar-refractivity contribution in [3.63, 3.8) is 0 Å². The first-order valence-corrected chi connectivity index (χ1v) is 7.99. The van der Waals surface area contributed by atoms with Crippen LogP contribution < -0.4 is 10.2 Å². The zero-order valence-electron chi connectivity index (χ0n) is 12.4. The predicted molar refractivity (Wildman–Crippen MR) is 86.7 cm³/mol. The molecule has 1 aromatic carbocycles. The maximum atomic E-state index is 12.5. The number of Topliss-reactive ketones (excluding diaryl/α,β-unsaturated/α-hetero) is 1. The van der Waals surface area contributed by atoms with Gasteiger partial charge in [0.2, 0.25) is 0 Å². The van der Waals surface area contributed by atoms with Crippen molar-refractivity contribution in [3.8, 4) is 6.07 Å². The summed E-state index contributed by atoms with van der Waals surface area (Å²) in [5.74, 6) is -1.17. The van der Waals surface area contributed by atoms with E-state index in [4.69, 9.17) is 0 Å². The van der Waals surface area contributed by atoms with Crippen molar-refractivity contribution in [2.45, 2.75) is 12.8 Å². The molecule has 1 aromatic heterocycles. The molecule has 2 heterocycles. The van der Waals surface area contributed by atoms with E-state index in [1.165, 1.54) is 11.3 Å². The second-order valence-electron chi connectivity index (χ2n) is 5.18. The van der Waals surface area contributed by atoms with Crippen molar-refractivity contribution in [1.29, 1.82) is 5.26 Å². The minimum atomic E-state index is -0.894. The molecule has 0 aliphatic carbocycles. The summed E-state index contributed by atoms with van der Waals surface area (Å²) in [6, 6.07) is 8.63. The summed E-state index contributed by atoms with van der Waals surface area (Å²) in [6.07, 6.45) is 0. The molecule has 116 valence electrons. The van der Waals surface area contributed by atoms with Gasteiger partial charge in [0.15, 0.2) is 11.7 Å². The normalized spacial score (nSPS) is 15.1. The van der Waals surface area contributed by atoms with Crippen molar-refractivity contribution < 1.29 is 9.59 Å². The number of benzene rings is 1. The number of carbonyl (C=O) groups excluding carboxylic acids is 2. The summed E-state index contributed by atoms with van der Waals surface area (Å²) < 4.78 is 0. The van der Waals surface area contributed by atoms with Crippen molar-refractivity contribution in [2.75, 3.05) is 18.0 Å². The second kappa shape index (κ2) is 6.18. The molecule has 1 N–H and O–H groups in total. The van der Waals surface area contributed by atoms with Crippen LogP contribution in [0.2, 0.25) is 0 Å². The van der Waals surface area contributed by atoms with Crippen molar-refractivity contribution >= 4 is 28.8 Å². The molecular weight excluding hydrogens is 312 g/mol. The van der Waals surface area contributed by atoms with E-state index in [-0.39, 0.29) is 11.8 Å². The highest BCUT2D eigenvalue weighted by Gasteiger charge is 2.25. The number of carbonyl (C=O) groups is 2. The molecule has 1 unspecified atom stereocenters. The third kappa shape index (κ3) is 2.94. The highest BCUT2D eigenvalue weighted by molar-refractivity contribution is 7.10. The fraction of sp³-hybridized carbons (Fsp3) is 0.250. The van der Waals surface area contributed by atoms with Crippen molar-refractivity contribution in [1.82, 2.24) is 10.3 Å². The molecule has 3 rings (SSSR count). The average molecular weight is 326 g/mol. The summed E-state index contributed by atoms with van der Waals surface area (Å²) in [4.78, 5) is 30.0. The second-order valence-corrected chi connectivity index (χ2v) is 6.07. The Balaban J connectivity index is 1.82. The predicted octanol–water partition coefficient (Wildman–Crippen LogP) is 2.47. The summed E-state index contributed by atoms with van der Waals surface area (Å²) in [7, 11) is 0. The Bertz CT molecular complexity index is 791. The van der Waals surface area contributed by atoms with Crippen LogP contribution in [0.4, 0.5) is 10.5 Å². The number of hydrogen-bond acceptors (Lipinski definition) is 5. The van der Waals surface area contributed by atoms with E-state index in [1.807, 2.05) is 18.4 Å². The molecular formula is C16H14N4O2S. The number of thiazole rings is 1. The molecule has 0 saturated carbocycles. The Hall–Kier alpha value is -2.72. The van der Waals surface area contributed by atoms with Gasteiger partial charge in [-0.15, -0.1) is 11.3 Å². The van der Waals surface area contributed by atoms with Gasteiger partial charge in [0.1, 0.15) is 5.01 Å². The lowest BCUT2D eigenvalue weighted by Crippen LogP contribution is -2.27. The van der Waals surface area contributed by atoms with Crippen LogP contribution in [0.5, 0.6) is 0 Å². The average Bonchev–Trinajstić information content (AvgIpc) is 3.17.